The van der Waals surface area contributed by atoms with Gasteiger partial charge in [0.2, 0.25) is 0 Å². The van der Waals surface area contributed by atoms with Crippen LogP contribution < -0.4 is 10.6 Å². The molecule has 0 bridgehead atoms. The normalized spacial score (nSPS) is 18.9. The number of hydrogen-bond acceptors (Lipinski definition) is 4. The lowest BCUT2D eigenvalue weighted by Crippen LogP contribution is -2.43. The molecule has 0 radical (unpaired) electrons. The Balaban J connectivity index is 1.45. The van der Waals surface area contributed by atoms with E-state index < -0.39 is 11.7 Å². The second-order valence-corrected chi connectivity index (χ2v) is 7.16. The number of carbonyl (C=O) groups is 1. The molecule has 156 valence electrons. The molecule has 2 N–H and O–H groups in total. The van der Waals surface area contributed by atoms with Crippen LogP contribution in [0.4, 0.5) is 19.0 Å². The van der Waals surface area contributed by atoms with Crippen molar-refractivity contribution in [2.75, 3.05) is 5.32 Å². The first-order chi connectivity index (χ1) is 14.4. The van der Waals surface area contributed by atoms with Crippen LogP contribution in [0.3, 0.4) is 0 Å². The van der Waals surface area contributed by atoms with Crippen molar-refractivity contribution < 1.29 is 18.0 Å². The van der Waals surface area contributed by atoms with Gasteiger partial charge in [-0.2, -0.15) is 18.3 Å². The number of pyridine rings is 1. The van der Waals surface area contributed by atoms with Crippen molar-refractivity contribution in [3.63, 3.8) is 0 Å². The molecule has 2 heterocycles. The Morgan fingerprint density at radius 2 is 1.87 bits per heavy atom. The van der Waals surface area contributed by atoms with Crippen molar-refractivity contribution in [2.24, 2.45) is 0 Å². The lowest BCUT2D eigenvalue weighted by Gasteiger charge is -2.23. The molecule has 2 aromatic heterocycles. The molecule has 1 fully saturated rings. The molecule has 0 saturated heterocycles. The van der Waals surface area contributed by atoms with Gasteiger partial charge in [-0.25, -0.2) is 9.67 Å². The fourth-order valence-corrected chi connectivity index (χ4v) is 3.67. The summed E-state index contributed by atoms with van der Waals surface area (Å²) in [5.41, 5.74) is 0.381. The summed E-state index contributed by atoms with van der Waals surface area (Å²) in [5, 5.41) is 10.4. The second-order valence-electron chi connectivity index (χ2n) is 7.16. The van der Waals surface area contributed by atoms with Crippen molar-refractivity contribution in [3.8, 4) is 5.69 Å². The molecule has 0 spiro atoms. The topological polar surface area (TPSA) is 71.8 Å². The van der Waals surface area contributed by atoms with Crippen molar-refractivity contribution in [2.45, 2.75) is 37.5 Å². The lowest BCUT2D eigenvalue weighted by molar-refractivity contribution is -0.137. The average molecular weight is 415 g/mol. The number of aromatic nitrogens is 3. The summed E-state index contributed by atoms with van der Waals surface area (Å²) in [6, 6.07) is 11.0. The zero-order valence-electron chi connectivity index (χ0n) is 15.9. The largest absolute Gasteiger partial charge is 0.417 e. The number of hydrogen-bond donors (Lipinski definition) is 2. The van der Waals surface area contributed by atoms with Crippen LogP contribution >= 0.6 is 0 Å². The molecular formula is C21H20F3N5O. The maximum absolute atomic E-state index is 12.9. The summed E-state index contributed by atoms with van der Waals surface area (Å²) in [4.78, 5) is 16.8. The van der Waals surface area contributed by atoms with Gasteiger partial charge < -0.3 is 10.6 Å². The van der Waals surface area contributed by atoms with Gasteiger partial charge in [-0.3, -0.25) is 4.79 Å². The van der Waals surface area contributed by atoms with Gasteiger partial charge in [0.25, 0.3) is 5.91 Å². The van der Waals surface area contributed by atoms with Gasteiger partial charge in [0.05, 0.1) is 16.8 Å². The number of benzene rings is 1. The van der Waals surface area contributed by atoms with Crippen molar-refractivity contribution in [1.29, 1.82) is 0 Å². The second kappa shape index (κ2) is 8.17. The van der Waals surface area contributed by atoms with Crippen LogP contribution in [0.1, 0.15) is 35.2 Å². The van der Waals surface area contributed by atoms with E-state index in [0.717, 1.165) is 31.5 Å². The maximum Gasteiger partial charge on any atom is 0.417 e. The summed E-state index contributed by atoms with van der Waals surface area (Å²) in [6.45, 7) is 0. The third-order valence-corrected chi connectivity index (χ3v) is 5.16. The highest BCUT2D eigenvalue weighted by molar-refractivity contribution is 5.98. The quantitative estimate of drug-likeness (QED) is 0.660. The van der Waals surface area contributed by atoms with Gasteiger partial charge >= 0.3 is 6.18 Å². The van der Waals surface area contributed by atoms with E-state index in [-0.39, 0.29) is 18.0 Å². The average Bonchev–Trinajstić information content (AvgIpc) is 3.40. The Morgan fingerprint density at radius 3 is 2.57 bits per heavy atom. The van der Waals surface area contributed by atoms with Crippen LogP contribution in [-0.4, -0.2) is 32.8 Å². The highest BCUT2D eigenvalue weighted by Crippen LogP contribution is 2.29. The Bertz CT molecular complexity index is 1000. The minimum absolute atomic E-state index is 0.116. The van der Waals surface area contributed by atoms with E-state index in [1.165, 1.54) is 6.07 Å². The molecule has 1 aromatic carbocycles. The molecule has 1 aliphatic carbocycles. The Hall–Kier alpha value is -3.36. The van der Waals surface area contributed by atoms with Gasteiger partial charge in [0.1, 0.15) is 5.82 Å². The summed E-state index contributed by atoms with van der Waals surface area (Å²) < 4.78 is 39.8. The molecule has 1 aliphatic rings. The third-order valence-electron chi connectivity index (χ3n) is 5.16. The molecule has 30 heavy (non-hydrogen) atoms. The standard InChI is InChI=1S/C21H20F3N5O/c22-21(23,24)14-9-10-19(25-13-14)27-16-6-3-7-17(16)28-20(30)15-5-1-2-8-18(15)29-12-4-11-26-29/h1-2,4-5,8-13,16-17H,3,6-7H2,(H,25,27)(H,28,30)/t16-,17+/m0/s1. The molecule has 6 nitrogen and oxygen atoms in total. The molecule has 9 heteroatoms. The van der Waals surface area contributed by atoms with Crippen molar-refractivity contribution in [3.05, 3.63) is 72.2 Å². The SMILES string of the molecule is O=C(N[C@@H]1CCC[C@@H]1Nc1ccc(C(F)(F)F)cn1)c1ccccc1-n1cccn1. The highest BCUT2D eigenvalue weighted by Gasteiger charge is 2.32. The molecule has 1 saturated carbocycles. The number of halogens is 3. The van der Waals surface area contributed by atoms with Crippen LogP contribution in [-0.2, 0) is 6.18 Å². The van der Waals surface area contributed by atoms with Crippen LogP contribution in [0.25, 0.3) is 5.69 Å². The molecule has 4 rings (SSSR count). The summed E-state index contributed by atoms with van der Waals surface area (Å²) in [7, 11) is 0. The molecule has 2 atom stereocenters. The smallest absolute Gasteiger partial charge is 0.365 e. The van der Waals surface area contributed by atoms with Gasteiger partial charge in [0, 0.05) is 30.7 Å². The number of alkyl halides is 3. The van der Waals surface area contributed by atoms with Gasteiger partial charge in [0.15, 0.2) is 0 Å². The fourth-order valence-electron chi connectivity index (χ4n) is 3.67. The first kappa shape index (κ1) is 19.9. The monoisotopic (exact) mass is 415 g/mol. The van der Waals surface area contributed by atoms with E-state index >= 15 is 0 Å². The number of rotatable bonds is 5. The van der Waals surface area contributed by atoms with E-state index in [4.69, 9.17) is 0 Å². The molecule has 0 aliphatic heterocycles. The summed E-state index contributed by atoms with van der Waals surface area (Å²) in [6.07, 6.45) is 2.25. The van der Waals surface area contributed by atoms with Crippen molar-refractivity contribution >= 4 is 11.7 Å². The first-order valence-corrected chi connectivity index (χ1v) is 9.61. The minimum Gasteiger partial charge on any atom is -0.365 e. The fraction of sp³-hybridized carbons (Fsp3) is 0.286. The highest BCUT2D eigenvalue weighted by atomic mass is 19.4. The predicted molar refractivity (Wildman–Crippen MR) is 105 cm³/mol. The van der Waals surface area contributed by atoms with Crippen LogP contribution in [0.2, 0.25) is 0 Å². The Kier molecular flexibility index (Phi) is 5.43. The van der Waals surface area contributed by atoms with Crippen molar-refractivity contribution in [1.82, 2.24) is 20.1 Å². The molecule has 0 unspecified atom stereocenters. The van der Waals surface area contributed by atoms with Crippen LogP contribution in [0, 0.1) is 0 Å². The number of carbonyl (C=O) groups excluding carboxylic acids is 1. The molecule has 1 amide bonds. The number of para-hydroxylation sites is 1. The summed E-state index contributed by atoms with van der Waals surface area (Å²) >= 11 is 0. The van der Waals surface area contributed by atoms with E-state index in [1.807, 2.05) is 12.1 Å². The van der Waals surface area contributed by atoms with Crippen LogP contribution in [0.5, 0.6) is 0 Å². The number of amides is 1. The minimum atomic E-state index is -4.42. The van der Waals surface area contributed by atoms with E-state index in [1.54, 1.807) is 35.3 Å². The number of nitrogens with zero attached hydrogens (tertiary/aromatic N) is 3. The third kappa shape index (κ3) is 4.29. The van der Waals surface area contributed by atoms with Gasteiger partial charge in [-0.1, -0.05) is 12.1 Å². The summed E-state index contributed by atoms with van der Waals surface area (Å²) in [5.74, 6) is 0.131. The first-order valence-electron chi connectivity index (χ1n) is 9.61. The van der Waals surface area contributed by atoms with E-state index in [0.29, 0.717) is 17.1 Å². The zero-order chi connectivity index (χ0) is 21.1. The molecular weight excluding hydrogens is 395 g/mol. The van der Waals surface area contributed by atoms with Gasteiger partial charge in [-0.05, 0) is 49.6 Å². The number of nitrogens with one attached hydrogen (secondary N) is 2. The van der Waals surface area contributed by atoms with E-state index in [2.05, 4.69) is 20.7 Å². The Morgan fingerprint density at radius 1 is 1.07 bits per heavy atom. The van der Waals surface area contributed by atoms with E-state index in [9.17, 15) is 18.0 Å². The predicted octanol–water partition coefficient (Wildman–Crippen LogP) is 4.05. The number of anilines is 1. The Labute approximate surface area is 171 Å². The maximum atomic E-state index is 12.9. The molecule has 3 aromatic rings. The lowest BCUT2D eigenvalue weighted by atomic mass is 10.1. The van der Waals surface area contributed by atoms with Crippen LogP contribution in [0.15, 0.2) is 61.1 Å². The van der Waals surface area contributed by atoms with Gasteiger partial charge in [-0.15, -0.1) is 0 Å². The zero-order valence-corrected chi connectivity index (χ0v) is 15.9.